The fraction of sp³-hybridized carbons (Fsp3) is 0.517. The van der Waals surface area contributed by atoms with E-state index < -0.39 is 23.9 Å². The van der Waals surface area contributed by atoms with E-state index in [1.807, 2.05) is 6.92 Å². The summed E-state index contributed by atoms with van der Waals surface area (Å²) in [6, 6.07) is 8.55. The van der Waals surface area contributed by atoms with Gasteiger partial charge in [0, 0.05) is 30.9 Å². The molecule has 0 spiro atoms. The van der Waals surface area contributed by atoms with Crippen LogP contribution in [-0.4, -0.2) is 29.2 Å². The minimum absolute atomic E-state index is 0.141. The molecule has 1 unspecified atom stereocenters. The van der Waals surface area contributed by atoms with Gasteiger partial charge in [-0.2, -0.15) is 18.4 Å². The first-order valence-corrected chi connectivity index (χ1v) is 13.1. The zero-order chi connectivity index (χ0) is 26.7. The van der Waals surface area contributed by atoms with E-state index in [1.54, 1.807) is 6.07 Å². The molecular weight excluding hydrogens is 479 g/mol. The standard InChI is InChI=1S/C29H34F3N3O2/c1-3-34(17-20-7-6-8-20)26-12-11-23-9-4-5-10-25(23)27(26)19(2)35(28(36)37)18-22-13-21(16-33)14-24(15-22)29(30,31)32/h11-15,19-20H,3-10,17-18H2,1-2H3,(H,36,37). The van der Waals surface area contributed by atoms with Gasteiger partial charge in [-0.3, -0.25) is 4.90 Å². The lowest BCUT2D eigenvalue weighted by atomic mass is 9.83. The van der Waals surface area contributed by atoms with Crippen molar-refractivity contribution in [2.45, 2.75) is 77.6 Å². The van der Waals surface area contributed by atoms with Gasteiger partial charge >= 0.3 is 12.3 Å². The second kappa shape index (κ2) is 11.0. The van der Waals surface area contributed by atoms with Crippen molar-refractivity contribution < 1.29 is 23.1 Å². The number of amides is 1. The minimum Gasteiger partial charge on any atom is -0.465 e. The molecule has 5 nitrogen and oxygen atoms in total. The van der Waals surface area contributed by atoms with Crippen LogP contribution in [0.25, 0.3) is 0 Å². The lowest BCUT2D eigenvalue weighted by molar-refractivity contribution is -0.137. The molecule has 2 aromatic carbocycles. The molecule has 1 fully saturated rings. The number of nitrogens with zero attached hydrogens (tertiary/aromatic N) is 3. The number of fused-ring (bicyclic) bond motifs is 1. The molecule has 1 saturated carbocycles. The monoisotopic (exact) mass is 513 g/mol. The zero-order valence-electron chi connectivity index (χ0n) is 21.4. The third kappa shape index (κ3) is 5.87. The van der Waals surface area contributed by atoms with Gasteiger partial charge < -0.3 is 10.0 Å². The van der Waals surface area contributed by atoms with Crippen LogP contribution in [0.2, 0.25) is 0 Å². The molecule has 2 aliphatic rings. The average Bonchev–Trinajstić information content (AvgIpc) is 2.85. The molecule has 1 amide bonds. The molecule has 2 aliphatic carbocycles. The van der Waals surface area contributed by atoms with Crippen molar-refractivity contribution in [3.8, 4) is 6.07 Å². The largest absolute Gasteiger partial charge is 0.465 e. The Hall–Kier alpha value is -3.21. The molecule has 0 aliphatic heterocycles. The first-order chi connectivity index (χ1) is 17.6. The molecule has 0 aromatic heterocycles. The zero-order valence-corrected chi connectivity index (χ0v) is 21.4. The van der Waals surface area contributed by atoms with Gasteiger partial charge in [0.15, 0.2) is 0 Å². The Labute approximate surface area is 216 Å². The van der Waals surface area contributed by atoms with Crippen LogP contribution in [0, 0.1) is 17.2 Å². The molecule has 0 heterocycles. The molecule has 8 heteroatoms. The Bertz CT molecular complexity index is 1180. The van der Waals surface area contributed by atoms with Crippen LogP contribution in [-0.2, 0) is 25.6 Å². The summed E-state index contributed by atoms with van der Waals surface area (Å²) in [5, 5.41) is 19.5. The van der Waals surface area contributed by atoms with Crippen molar-refractivity contribution >= 4 is 11.8 Å². The summed E-state index contributed by atoms with van der Waals surface area (Å²) in [5.41, 5.74) is 3.45. The van der Waals surface area contributed by atoms with Crippen LogP contribution in [0.3, 0.4) is 0 Å². The van der Waals surface area contributed by atoms with Gasteiger partial charge in [0.2, 0.25) is 0 Å². The number of benzene rings is 2. The maximum Gasteiger partial charge on any atom is 0.416 e. The maximum absolute atomic E-state index is 13.5. The van der Waals surface area contributed by atoms with E-state index in [-0.39, 0.29) is 17.7 Å². The number of hydrogen-bond donors (Lipinski definition) is 1. The fourth-order valence-corrected chi connectivity index (χ4v) is 5.71. The number of carboxylic acid groups (broad SMARTS) is 1. The van der Waals surface area contributed by atoms with Crippen molar-refractivity contribution in [3.05, 3.63) is 63.7 Å². The van der Waals surface area contributed by atoms with E-state index in [2.05, 4.69) is 24.0 Å². The Morgan fingerprint density at radius 3 is 2.49 bits per heavy atom. The quantitative estimate of drug-likeness (QED) is 0.401. The van der Waals surface area contributed by atoms with Gasteiger partial charge in [-0.15, -0.1) is 0 Å². The van der Waals surface area contributed by atoms with E-state index in [4.69, 9.17) is 0 Å². The minimum atomic E-state index is -4.63. The number of hydrogen-bond acceptors (Lipinski definition) is 3. The summed E-state index contributed by atoms with van der Waals surface area (Å²) in [7, 11) is 0. The molecule has 37 heavy (non-hydrogen) atoms. The predicted octanol–water partition coefficient (Wildman–Crippen LogP) is 7.32. The number of carbonyl (C=O) groups is 1. The Kier molecular flexibility index (Phi) is 8.01. The van der Waals surface area contributed by atoms with Gasteiger partial charge in [-0.25, -0.2) is 4.79 Å². The summed E-state index contributed by atoms with van der Waals surface area (Å²) in [4.78, 5) is 16.1. The molecule has 2 aromatic rings. The van der Waals surface area contributed by atoms with Crippen LogP contribution in [0.5, 0.6) is 0 Å². The van der Waals surface area contributed by atoms with E-state index in [0.29, 0.717) is 5.92 Å². The molecule has 0 bridgehead atoms. The number of rotatable bonds is 8. The molecule has 0 radical (unpaired) electrons. The van der Waals surface area contributed by atoms with Crippen molar-refractivity contribution in [1.82, 2.24) is 4.90 Å². The van der Waals surface area contributed by atoms with Crippen LogP contribution in [0.4, 0.5) is 23.7 Å². The van der Waals surface area contributed by atoms with Crippen molar-refractivity contribution in [2.24, 2.45) is 5.92 Å². The van der Waals surface area contributed by atoms with Crippen molar-refractivity contribution in [3.63, 3.8) is 0 Å². The number of halogens is 3. The second-order valence-corrected chi connectivity index (χ2v) is 10.3. The smallest absolute Gasteiger partial charge is 0.416 e. The first-order valence-electron chi connectivity index (χ1n) is 13.1. The van der Waals surface area contributed by atoms with Crippen LogP contribution in [0.15, 0.2) is 30.3 Å². The van der Waals surface area contributed by atoms with Crippen LogP contribution in [0.1, 0.15) is 85.4 Å². The summed E-state index contributed by atoms with van der Waals surface area (Å²) in [6.45, 7) is 5.40. The molecular formula is C29H34F3N3O2. The lowest BCUT2D eigenvalue weighted by Gasteiger charge is -2.38. The summed E-state index contributed by atoms with van der Waals surface area (Å²) < 4.78 is 40.4. The first kappa shape index (κ1) is 26.8. The van der Waals surface area contributed by atoms with Crippen LogP contribution >= 0.6 is 0 Å². The maximum atomic E-state index is 13.5. The van der Waals surface area contributed by atoms with E-state index in [9.17, 15) is 28.3 Å². The normalized spacial score (nSPS) is 16.3. The van der Waals surface area contributed by atoms with E-state index >= 15 is 0 Å². The molecule has 1 N–H and O–H groups in total. The molecule has 198 valence electrons. The Morgan fingerprint density at radius 1 is 1.16 bits per heavy atom. The Balaban J connectivity index is 1.75. The topological polar surface area (TPSA) is 67.6 Å². The average molecular weight is 514 g/mol. The highest BCUT2D eigenvalue weighted by Gasteiger charge is 2.33. The molecule has 4 rings (SSSR count). The van der Waals surface area contributed by atoms with Gasteiger partial charge in [0.05, 0.1) is 23.2 Å². The third-order valence-corrected chi connectivity index (χ3v) is 7.91. The lowest BCUT2D eigenvalue weighted by Crippen LogP contribution is -2.36. The summed E-state index contributed by atoms with van der Waals surface area (Å²) >= 11 is 0. The predicted molar refractivity (Wildman–Crippen MR) is 136 cm³/mol. The summed E-state index contributed by atoms with van der Waals surface area (Å²) in [5.74, 6) is 0.629. The molecule has 1 atom stereocenters. The SMILES string of the molecule is CCN(CC1CCC1)c1ccc2c(c1C(C)N(Cc1cc(C#N)cc(C(F)(F)F)c1)C(=O)O)CCCC2. The van der Waals surface area contributed by atoms with Gasteiger partial charge in [0.25, 0.3) is 0 Å². The van der Waals surface area contributed by atoms with Gasteiger partial charge in [-0.1, -0.05) is 12.5 Å². The van der Waals surface area contributed by atoms with Crippen molar-refractivity contribution in [1.29, 1.82) is 5.26 Å². The third-order valence-electron chi connectivity index (χ3n) is 7.91. The number of aryl methyl sites for hydroxylation is 1. The van der Waals surface area contributed by atoms with Gasteiger partial charge in [0.1, 0.15) is 0 Å². The highest BCUT2D eigenvalue weighted by molar-refractivity contribution is 5.68. The second-order valence-electron chi connectivity index (χ2n) is 10.3. The van der Waals surface area contributed by atoms with Crippen LogP contribution < -0.4 is 4.90 Å². The summed E-state index contributed by atoms with van der Waals surface area (Å²) in [6.07, 6.45) is 1.72. The fourth-order valence-electron chi connectivity index (χ4n) is 5.71. The van der Waals surface area contributed by atoms with E-state index in [0.717, 1.165) is 62.2 Å². The number of alkyl halides is 3. The molecule has 0 saturated heterocycles. The Morgan fingerprint density at radius 2 is 1.89 bits per heavy atom. The van der Waals surface area contributed by atoms with E-state index in [1.165, 1.54) is 41.4 Å². The number of anilines is 1. The highest BCUT2D eigenvalue weighted by Crippen LogP contribution is 2.40. The van der Waals surface area contributed by atoms with Crippen molar-refractivity contribution in [2.75, 3.05) is 18.0 Å². The number of nitriles is 1. The highest BCUT2D eigenvalue weighted by atomic mass is 19.4. The van der Waals surface area contributed by atoms with Gasteiger partial charge in [-0.05, 0) is 99.2 Å².